The van der Waals surface area contributed by atoms with Crippen molar-refractivity contribution in [1.29, 1.82) is 0 Å². The zero-order chi connectivity index (χ0) is 25.5. The first-order chi connectivity index (χ1) is 17.1. The quantitative estimate of drug-likeness (QED) is 0.419. The van der Waals surface area contributed by atoms with Crippen LogP contribution in [0.2, 0.25) is 0 Å². The van der Waals surface area contributed by atoms with Crippen molar-refractivity contribution >= 4 is 29.1 Å². The van der Waals surface area contributed by atoms with E-state index in [1.54, 1.807) is 0 Å². The lowest BCUT2D eigenvalue weighted by Gasteiger charge is -2.25. The number of rotatable bonds is 9. The first-order valence-corrected chi connectivity index (χ1v) is 13.3. The lowest BCUT2D eigenvalue weighted by atomic mass is 10.0. The standard InChI is InChI=1S/C23H26F2N4S.C2H7N.C2H6/c24-23(25)22-16-21(26-27-22)19-10-8-18(9-11-19)17-29(20-6-2-1-3-7-20)30-15-14-28-12-4-5-13-28;1-3-2;1-2/h1-3,6-11,23H,4-5,12-17H2;3H,1-2H3;1-2H3. The van der Waals surface area contributed by atoms with Crippen molar-refractivity contribution in [3.05, 3.63) is 65.7 Å². The number of halogens is 2. The minimum absolute atomic E-state index is 0.125. The van der Waals surface area contributed by atoms with Crippen LogP contribution < -0.4 is 9.62 Å². The second-order valence-electron chi connectivity index (χ2n) is 8.07. The van der Waals surface area contributed by atoms with Gasteiger partial charge in [0.05, 0.1) is 12.3 Å². The van der Waals surface area contributed by atoms with Gasteiger partial charge >= 0.3 is 0 Å². The highest BCUT2D eigenvalue weighted by Crippen LogP contribution is 2.26. The highest BCUT2D eigenvalue weighted by Gasteiger charge is 2.21. The van der Waals surface area contributed by atoms with E-state index in [-0.39, 0.29) is 12.1 Å². The highest BCUT2D eigenvalue weighted by molar-refractivity contribution is 8.00. The third kappa shape index (κ3) is 9.70. The Hall–Kier alpha value is -2.29. The van der Waals surface area contributed by atoms with Crippen molar-refractivity contribution < 1.29 is 8.78 Å². The molecule has 5 nitrogen and oxygen atoms in total. The molecule has 0 amide bonds. The summed E-state index contributed by atoms with van der Waals surface area (Å²) in [5.74, 6) is 1.05. The summed E-state index contributed by atoms with van der Waals surface area (Å²) in [4.78, 5) is 2.53. The molecule has 0 radical (unpaired) electrons. The fourth-order valence-electron chi connectivity index (χ4n) is 3.71. The van der Waals surface area contributed by atoms with Gasteiger partial charge in [-0.3, -0.25) is 0 Å². The first-order valence-electron chi connectivity index (χ1n) is 12.4. The van der Waals surface area contributed by atoms with Gasteiger partial charge in [0.1, 0.15) is 5.71 Å². The Morgan fingerprint density at radius 1 is 0.971 bits per heavy atom. The first kappa shape index (κ1) is 28.9. The lowest BCUT2D eigenvalue weighted by Crippen LogP contribution is -2.24. The van der Waals surface area contributed by atoms with Crippen molar-refractivity contribution in [3.63, 3.8) is 0 Å². The second-order valence-corrected chi connectivity index (χ2v) is 9.17. The van der Waals surface area contributed by atoms with E-state index in [1.807, 2.05) is 58.1 Å². The number of hydrogen-bond donors (Lipinski definition) is 1. The molecular weight excluding hydrogens is 464 g/mol. The molecule has 8 heteroatoms. The van der Waals surface area contributed by atoms with Crippen LogP contribution in [0.15, 0.2) is 64.8 Å². The van der Waals surface area contributed by atoms with E-state index >= 15 is 0 Å². The number of likely N-dealkylation sites (tertiary alicyclic amines) is 1. The molecule has 2 aromatic rings. The number of benzene rings is 2. The zero-order valence-electron chi connectivity index (χ0n) is 21.4. The average Bonchev–Trinajstić information content (AvgIpc) is 3.59. The zero-order valence-corrected chi connectivity index (χ0v) is 22.2. The van der Waals surface area contributed by atoms with Gasteiger partial charge in [-0.2, -0.15) is 10.2 Å². The minimum Gasteiger partial charge on any atom is -0.323 e. The number of nitrogens with one attached hydrogen (secondary N) is 1. The fraction of sp³-hybridized carbons (Fsp3) is 0.481. The van der Waals surface area contributed by atoms with E-state index < -0.39 is 6.43 Å². The molecule has 2 aliphatic heterocycles. The number of alkyl halides is 2. The van der Waals surface area contributed by atoms with E-state index in [0.29, 0.717) is 5.71 Å². The van der Waals surface area contributed by atoms with E-state index in [0.717, 1.165) is 24.4 Å². The van der Waals surface area contributed by atoms with Crippen LogP contribution in [0.1, 0.15) is 44.2 Å². The minimum atomic E-state index is -2.54. The van der Waals surface area contributed by atoms with Crippen molar-refractivity contribution in [2.75, 3.05) is 43.8 Å². The lowest BCUT2D eigenvalue weighted by molar-refractivity contribution is 0.224. The van der Waals surface area contributed by atoms with Crippen molar-refractivity contribution in [2.24, 2.45) is 10.2 Å². The third-order valence-electron chi connectivity index (χ3n) is 5.41. The van der Waals surface area contributed by atoms with Gasteiger partial charge in [-0.1, -0.05) is 56.3 Å². The largest absolute Gasteiger partial charge is 0.323 e. The molecule has 0 bridgehead atoms. The van der Waals surface area contributed by atoms with Crippen LogP contribution in [-0.2, 0) is 6.54 Å². The molecule has 2 heterocycles. The summed E-state index contributed by atoms with van der Waals surface area (Å²) in [7, 11) is 3.75. The molecule has 0 aromatic heterocycles. The Morgan fingerprint density at radius 2 is 1.60 bits per heavy atom. The Balaban J connectivity index is 0.000000803. The van der Waals surface area contributed by atoms with Gasteiger partial charge < -0.3 is 14.5 Å². The molecule has 35 heavy (non-hydrogen) atoms. The molecular formula is C27H39F2N5S. The number of anilines is 1. The van der Waals surface area contributed by atoms with Gasteiger partial charge in [-0.25, -0.2) is 8.78 Å². The van der Waals surface area contributed by atoms with Crippen LogP contribution in [0.4, 0.5) is 14.5 Å². The van der Waals surface area contributed by atoms with Gasteiger partial charge in [-0.15, -0.1) is 0 Å². The fourth-order valence-corrected chi connectivity index (χ4v) is 4.78. The molecule has 2 aliphatic rings. The summed E-state index contributed by atoms with van der Waals surface area (Å²) in [6.07, 6.45) is 0.213. The molecule has 1 fully saturated rings. The molecule has 0 atom stereocenters. The molecule has 0 aliphatic carbocycles. The maximum Gasteiger partial charge on any atom is 0.278 e. The molecule has 2 aromatic carbocycles. The molecule has 0 spiro atoms. The Labute approximate surface area is 213 Å². The maximum atomic E-state index is 12.8. The summed E-state index contributed by atoms with van der Waals surface area (Å²) in [5, 5.41) is 10.3. The van der Waals surface area contributed by atoms with Crippen LogP contribution in [0, 0.1) is 0 Å². The van der Waals surface area contributed by atoms with Gasteiger partial charge in [0.15, 0.2) is 0 Å². The van der Waals surface area contributed by atoms with Gasteiger partial charge in [0.25, 0.3) is 6.43 Å². The molecule has 1 N–H and O–H groups in total. The number of para-hydroxylation sites is 1. The van der Waals surface area contributed by atoms with Crippen molar-refractivity contribution in [1.82, 2.24) is 10.2 Å². The van der Waals surface area contributed by atoms with E-state index in [1.165, 1.54) is 37.2 Å². The van der Waals surface area contributed by atoms with E-state index in [9.17, 15) is 8.78 Å². The summed E-state index contributed by atoms with van der Waals surface area (Å²) < 4.78 is 27.9. The van der Waals surface area contributed by atoms with Crippen LogP contribution in [0.5, 0.6) is 0 Å². The third-order valence-corrected chi connectivity index (χ3v) is 6.43. The molecule has 0 unspecified atom stereocenters. The Morgan fingerprint density at radius 3 is 2.17 bits per heavy atom. The summed E-state index contributed by atoms with van der Waals surface area (Å²) in [6, 6.07) is 18.4. The molecule has 0 saturated carbocycles. The Bertz CT molecular complexity index is 898. The summed E-state index contributed by atoms with van der Waals surface area (Å²) in [6.45, 7) is 8.32. The van der Waals surface area contributed by atoms with Gasteiger partial charge in [-0.05, 0) is 75.2 Å². The number of hydrogen-bond acceptors (Lipinski definition) is 6. The predicted octanol–water partition coefficient (Wildman–Crippen LogP) is 6.11. The van der Waals surface area contributed by atoms with Gasteiger partial charge in [0.2, 0.25) is 0 Å². The summed E-state index contributed by atoms with van der Waals surface area (Å²) in [5.41, 5.74) is 3.66. The summed E-state index contributed by atoms with van der Waals surface area (Å²) >= 11 is 1.86. The van der Waals surface area contributed by atoms with Crippen LogP contribution in [0.3, 0.4) is 0 Å². The smallest absolute Gasteiger partial charge is 0.278 e. The topological polar surface area (TPSA) is 43.2 Å². The van der Waals surface area contributed by atoms with Crippen LogP contribution >= 0.6 is 11.9 Å². The van der Waals surface area contributed by atoms with E-state index in [2.05, 4.69) is 61.1 Å². The Kier molecular flexibility index (Phi) is 13.6. The molecule has 192 valence electrons. The van der Waals surface area contributed by atoms with Crippen molar-refractivity contribution in [3.8, 4) is 0 Å². The average molecular weight is 504 g/mol. The highest BCUT2D eigenvalue weighted by atomic mass is 32.2. The normalized spacial score (nSPS) is 15.1. The van der Waals surface area contributed by atoms with E-state index in [4.69, 9.17) is 0 Å². The number of nitrogens with zero attached hydrogens (tertiary/aromatic N) is 4. The monoisotopic (exact) mass is 503 g/mol. The van der Waals surface area contributed by atoms with Crippen LogP contribution in [-0.4, -0.2) is 62.2 Å². The van der Waals surface area contributed by atoms with Crippen LogP contribution in [0.25, 0.3) is 0 Å². The molecule has 1 saturated heterocycles. The SMILES string of the molecule is CC.CNC.FC(F)C1=NN=C(c2ccc(CN(SCCN3CCCC3)c3ccccc3)cc2)C1. The predicted molar refractivity (Wildman–Crippen MR) is 148 cm³/mol. The van der Waals surface area contributed by atoms with Gasteiger partial charge in [0, 0.05) is 24.4 Å². The van der Waals surface area contributed by atoms with Crippen molar-refractivity contribution in [2.45, 2.75) is 46.1 Å². The maximum absolute atomic E-state index is 12.8. The molecule has 4 rings (SSSR count). The second kappa shape index (κ2) is 16.4.